The van der Waals surface area contributed by atoms with E-state index < -0.39 is 0 Å². The van der Waals surface area contributed by atoms with Crippen LogP contribution in [0.15, 0.2) is 0 Å². The van der Waals surface area contributed by atoms with Crippen LogP contribution in [0.5, 0.6) is 0 Å². The fourth-order valence-corrected chi connectivity index (χ4v) is 1.75. The van der Waals surface area contributed by atoms with Gasteiger partial charge in [-0.25, -0.2) is 0 Å². The third-order valence-corrected chi connectivity index (χ3v) is 2.87. The van der Waals surface area contributed by atoms with Crippen molar-refractivity contribution in [2.75, 3.05) is 33.4 Å². The Hall–Kier alpha value is -0.120. The number of ether oxygens (including phenoxy) is 1. The first-order valence-corrected chi connectivity index (χ1v) is 5.26. The molecule has 0 amide bonds. The highest BCUT2D eigenvalue weighted by Gasteiger charge is 2.22. The Morgan fingerprint density at radius 3 is 2.92 bits per heavy atom. The topological polar surface area (TPSA) is 24.5 Å². The summed E-state index contributed by atoms with van der Waals surface area (Å²) >= 11 is 0. The van der Waals surface area contributed by atoms with Gasteiger partial charge in [-0.3, -0.25) is 4.90 Å². The highest BCUT2D eigenvalue weighted by Crippen LogP contribution is 2.09. The molecule has 1 N–H and O–H groups in total. The number of hydrogen-bond donors (Lipinski definition) is 1. The van der Waals surface area contributed by atoms with E-state index in [0.29, 0.717) is 12.1 Å². The summed E-state index contributed by atoms with van der Waals surface area (Å²) in [6, 6.07) is 1.24. The molecule has 2 atom stereocenters. The average Bonchev–Trinajstić information content (AvgIpc) is 2.65. The molecular formula is C10H22N2O. The van der Waals surface area contributed by atoms with Crippen molar-refractivity contribution < 1.29 is 4.74 Å². The summed E-state index contributed by atoms with van der Waals surface area (Å²) in [6.07, 6.45) is 1.27. The molecule has 1 fully saturated rings. The number of rotatable bonds is 5. The molecule has 0 bridgehead atoms. The maximum atomic E-state index is 5.41. The lowest BCUT2D eigenvalue weighted by molar-refractivity contribution is 0.0696. The van der Waals surface area contributed by atoms with Crippen LogP contribution in [0.1, 0.15) is 20.3 Å². The molecule has 0 radical (unpaired) electrons. The first kappa shape index (κ1) is 11.0. The van der Waals surface area contributed by atoms with Crippen molar-refractivity contribution in [1.82, 2.24) is 10.2 Å². The Morgan fingerprint density at radius 2 is 2.38 bits per heavy atom. The van der Waals surface area contributed by atoms with Crippen molar-refractivity contribution in [2.45, 2.75) is 32.4 Å². The van der Waals surface area contributed by atoms with Gasteiger partial charge in [-0.05, 0) is 33.9 Å². The van der Waals surface area contributed by atoms with E-state index in [0.717, 1.165) is 26.3 Å². The predicted molar refractivity (Wildman–Crippen MR) is 55.0 cm³/mol. The van der Waals surface area contributed by atoms with Gasteiger partial charge in [0.2, 0.25) is 0 Å². The maximum Gasteiger partial charge on any atom is 0.0618 e. The summed E-state index contributed by atoms with van der Waals surface area (Å²) in [6.45, 7) is 8.24. The Bertz CT molecular complexity index is 135. The normalized spacial score (nSPS) is 25.4. The van der Waals surface area contributed by atoms with E-state index >= 15 is 0 Å². The van der Waals surface area contributed by atoms with Crippen LogP contribution in [-0.2, 0) is 4.74 Å². The predicted octanol–water partition coefficient (Wildman–Crippen LogP) is 0.705. The monoisotopic (exact) mass is 186 g/mol. The van der Waals surface area contributed by atoms with Gasteiger partial charge in [0.1, 0.15) is 0 Å². The van der Waals surface area contributed by atoms with Crippen LogP contribution >= 0.6 is 0 Å². The van der Waals surface area contributed by atoms with Gasteiger partial charge in [0.05, 0.1) is 6.61 Å². The van der Waals surface area contributed by atoms with Crippen LogP contribution in [0.4, 0.5) is 0 Å². The molecule has 0 spiro atoms. The molecule has 13 heavy (non-hydrogen) atoms. The van der Waals surface area contributed by atoms with E-state index in [-0.39, 0.29) is 0 Å². The lowest BCUT2D eigenvalue weighted by Crippen LogP contribution is -2.42. The molecule has 1 rings (SSSR count). The van der Waals surface area contributed by atoms with Crippen molar-refractivity contribution in [2.24, 2.45) is 0 Å². The second kappa shape index (κ2) is 5.58. The summed E-state index contributed by atoms with van der Waals surface area (Å²) in [4.78, 5) is 2.43. The summed E-state index contributed by atoms with van der Waals surface area (Å²) in [5.74, 6) is 0. The van der Waals surface area contributed by atoms with E-state index in [9.17, 15) is 0 Å². The molecule has 3 heteroatoms. The number of nitrogens with zero attached hydrogens (tertiary/aromatic N) is 1. The fraction of sp³-hybridized carbons (Fsp3) is 1.00. The van der Waals surface area contributed by atoms with Gasteiger partial charge in [0, 0.05) is 25.2 Å². The van der Waals surface area contributed by atoms with Crippen molar-refractivity contribution in [1.29, 1.82) is 0 Å². The van der Waals surface area contributed by atoms with E-state index in [1.807, 2.05) is 6.92 Å². The minimum Gasteiger partial charge on any atom is -0.380 e. The lowest BCUT2D eigenvalue weighted by Gasteiger charge is -2.29. The second-order valence-electron chi connectivity index (χ2n) is 3.82. The van der Waals surface area contributed by atoms with E-state index in [4.69, 9.17) is 4.74 Å². The fourth-order valence-electron chi connectivity index (χ4n) is 1.75. The van der Waals surface area contributed by atoms with Gasteiger partial charge in [-0.2, -0.15) is 0 Å². The van der Waals surface area contributed by atoms with Gasteiger partial charge in [-0.1, -0.05) is 0 Å². The van der Waals surface area contributed by atoms with Crippen molar-refractivity contribution in [3.05, 3.63) is 0 Å². The molecule has 1 saturated heterocycles. The zero-order chi connectivity index (χ0) is 9.68. The molecule has 0 saturated carbocycles. The van der Waals surface area contributed by atoms with Crippen LogP contribution < -0.4 is 5.32 Å². The van der Waals surface area contributed by atoms with Gasteiger partial charge in [-0.15, -0.1) is 0 Å². The highest BCUT2D eigenvalue weighted by molar-refractivity contribution is 4.81. The van der Waals surface area contributed by atoms with Crippen LogP contribution in [0, 0.1) is 0 Å². The van der Waals surface area contributed by atoms with E-state index in [1.54, 1.807) is 0 Å². The van der Waals surface area contributed by atoms with Crippen LogP contribution in [0.3, 0.4) is 0 Å². The lowest BCUT2D eigenvalue weighted by atomic mass is 10.2. The minimum atomic E-state index is 0.532. The molecule has 0 aliphatic carbocycles. The smallest absolute Gasteiger partial charge is 0.0618 e. The molecule has 1 heterocycles. The molecule has 1 aliphatic heterocycles. The Morgan fingerprint density at radius 1 is 1.62 bits per heavy atom. The van der Waals surface area contributed by atoms with Crippen LogP contribution in [0.25, 0.3) is 0 Å². The Balaban J connectivity index is 2.23. The number of nitrogens with one attached hydrogen (secondary N) is 1. The summed E-state index contributed by atoms with van der Waals surface area (Å²) < 4.78 is 5.41. The average molecular weight is 186 g/mol. The number of hydrogen-bond acceptors (Lipinski definition) is 3. The Labute approximate surface area is 81.4 Å². The molecule has 0 aromatic heterocycles. The van der Waals surface area contributed by atoms with E-state index in [2.05, 4.69) is 24.2 Å². The number of likely N-dealkylation sites (N-methyl/N-ethyl adjacent to an activating group) is 1. The van der Waals surface area contributed by atoms with Crippen molar-refractivity contribution >= 4 is 0 Å². The molecule has 3 nitrogen and oxygen atoms in total. The van der Waals surface area contributed by atoms with Gasteiger partial charge >= 0.3 is 0 Å². The zero-order valence-corrected chi connectivity index (χ0v) is 9.05. The summed E-state index contributed by atoms with van der Waals surface area (Å²) in [5, 5.41) is 3.38. The first-order chi connectivity index (χ1) is 6.25. The second-order valence-corrected chi connectivity index (χ2v) is 3.82. The van der Waals surface area contributed by atoms with Crippen LogP contribution in [0.2, 0.25) is 0 Å². The summed E-state index contributed by atoms with van der Waals surface area (Å²) in [5.41, 5.74) is 0. The molecule has 0 aromatic carbocycles. The molecule has 2 unspecified atom stereocenters. The van der Waals surface area contributed by atoms with Crippen molar-refractivity contribution in [3.63, 3.8) is 0 Å². The van der Waals surface area contributed by atoms with Crippen LogP contribution in [-0.4, -0.2) is 50.3 Å². The van der Waals surface area contributed by atoms with Gasteiger partial charge < -0.3 is 10.1 Å². The van der Waals surface area contributed by atoms with Crippen molar-refractivity contribution in [3.8, 4) is 0 Å². The first-order valence-electron chi connectivity index (χ1n) is 5.26. The molecule has 1 aliphatic rings. The molecular weight excluding hydrogens is 164 g/mol. The van der Waals surface area contributed by atoms with E-state index in [1.165, 1.54) is 6.42 Å². The van der Waals surface area contributed by atoms with Gasteiger partial charge in [0.25, 0.3) is 0 Å². The third-order valence-electron chi connectivity index (χ3n) is 2.87. The molecule has 0 aromatic rings. The molecule has 78 valence electrons. The largest absolute Gasteiger partial charge is 0.380 e. The quantitative estimate of drug-likeness (QED) is 0.684. The zero-order valence-electron chi connectivity index (χ0n) is 9.05. The SMILES string of the molecule is CCOCC(C)N(C)C1CCNC1. The standard InChI is InChI=1S/C10H22N2O/c1-4-13-8-9(2)12(3)10-5-6-11-7-10/h9-11H,4-8H2,1-3H3. The maximum absolute atomic E-state index is 5.41. The highest BCUT2D eigenvalue weighted by atomic mass is 16.5. The van der Waals surface area contributed by atoms with Gasteiger partial charge in [0.15, 0.2) is 0 Å². The Kier molecular flexibility index (Phi) is 4.70. The minimum absolute atomic E-state index is 0.532. The third kappa shape index (κ3) is 3.25. The summed E-state index contributed by atoms with van der Waals surface area (Å²) in [7, 11) is 2.20.